The Bertz CT molecular complexity index is 4270. The molecule has 0 aliphatic rings. The molecule has 0 radical (unpaired) electrons. The van der Waals surface area contributed by atoms with Crippen LogP contribution in [0, 0.1) is 0 Å². The largest absolute Gasteiger partial charge is 0.455 e. The van der Waals surface area contributed by atoms with Gasteiger partial charge in [-0.25, -0.2) is 4.98 Å². The molecule has 4 heterocycles. The van der Waals surface area contributed by atoms with Gasteiger partial charge in [-0.1, -0.05) is 194 Å². The molecule has 4 aromatic heterocycles. The number of nitrogens with zero attached hydrogens (tertiary/aromatic N) is 5. The third-order valence-electron chi connectivity index (χ3n) is 13.4. The fourth-order valence-electron chi connectivity index (χ4n) is 10.4. The highest BCUT2D eigenvalue weighted by Crippen LogP contribution is 2.45. The second-order valence-electron chi connectivity index (χ2n) is 17.1. The number of rotatable bonds is 6. The van der Waals surface area contributed by atoms with E-state index in [-0.39, 0.29) is 0 Å². The molecule has 10 aromatic carbocycles. The first-order valence-corrected chi connectivity index (χ1v) is 22.6. The molecule has 6 heteroatoms. The van der Waals surface area contributed by atoms with E-state index in [4.69, 9.17) is 19.4 Å². The number of hydrogen-bond donors (Lipinski definition) is 0. The maximum atomic E-state index is 6.82. The van der Waals surface area contributed by atoms with Crippen molar-refractivity contribution in [2.45, 2.75) is 0 Å². The molecule has 0 fully saturated rings. The molecular formula is C61H37N5O. The van der Waals surface area contributed by atoms with E-state index < -0.39 is 0 Å². The summed E-state index contributed by atoms with van der Waals surface area (Å²) in [4.78, 5) is 16.1. The number of aromatic nitrogens is 5. The maximum absolute atomic E-state index is 6.82. The molecule has 0 aliphatic carbocycles. The molecule has 0 atom stereocenters. The summed E-state index contributed by atoms with van der Waals surface area (Å²) in [5, 5.41) is 8.96. The Balaban J connectivity index is 1.13. The summed E-state index contributed by atoms with van der Waals surface area (Å²) in [5.74, 6) is 1.73. The summed E-state index contributed by atoms with van der Waals surface area (Å²) in [7, 11) is 0. The van der Waals surface area contributed by atoms with Crippen LogP contribution in [0.3, 0.4) is 0 Å². The molecule has 0 N–H and O–H groups in total. The number of fused-ring (bicyclic) bond motifs is 11. The van der Waals surface area contributed by atoms with Gasteiger partial charge in [-0.15, -0.1) is 0 Å². The zero-order valence-electron chi connectivity index (χ0n) is 36.0. The molecule has 14 rings (SSSR count). The van der Waals surface area contributed by atoms with Crippen molar-refractivity contribution < 1.29 is 4.42 Å². The number of benzene rings is 10. The standard InChI is InChI=1S/C61H37N5O/c1-3-18-38(19-4-1)43-25-9-10-29-50(43)60-62-59(40-21-5-2-6-22-40)63-61(64-60)66-54-32-15-12-27-46(54)49-35-34-48-45-26-11-14-31-53(45)65(56(48)57(49)66)41-36-51(44-30-17-23-39-20-7-8-24-42(39)44)58-52(37-41)47-28-13-16-33-55(47)67-58/h1-37H. The van der Waals surface area contributed by atoms with Crippen LogP contribution in [0.15, 0.2) is 229 Å². The van der Waals surface area contributed by atoms with Crippen LogP contribution in [0.4, 0.5) is 0 Å². The lowest BCUT2D eigenvalue weighted by molar-refractivity contribution is 0.670. The van der Waals surface area contributed by atoms with Crippen LogP contribution in [0.1, 0.15) is 0 Å². The van der Waals surface area contributed by atoms with Crippen molar-refractivity contribution in [2.24, 2.45) is 0 Å². The second kappa shape index (κ2) is 14.7. The molecule has 6 nitrogen and oxygen atoms in total. The normalized spacial score (nSPS) is 11.9. The van der Waals surface area contributed by atoms with Crippen molar-refractivity contribution in [2.75, 3.05) is 0 Å². The fourth-order valence-corrected chi connectivity index (χ4v) is 10.4. The quantitative estimate of drug-likeness (QED) is 0.167. The molecule has 0 unspecified atom stereocenters. The van der Waals surface area contributed by atoms with Crippen molar-refractivity contribution in [3.63, 3.8) is 0 Å². The SMILES string of the molecule is c1ccc(-c2nc(-c3ccccc3-c3ccccc3)nc(-n3c4ccccc4c4ccc5c6ccccc6n(-c6cc(-c7cccc8ccccc78)c7oc8ccccc8c7c6)c5c43)n2)cc1. The summed E-state index contributed by atoms with van der Waals surface area (Å²) in [6.07, 6.45) is 0. The average molecular weight is 856 g/mol. The molecule has 0 spiro atoms. The summed E-state index contributed by atoms with van der Waals surface area (Å²) in [6.45, 7) is 0. The third-order valence-corrected chi connectivity index (χ3v) is 13.4. The first kappa shape index (κ1) is 37.3. The Morgan fingerprint density at radius 1 is 0.328 bits per heavy atom. The average Bonchev–Trinajstić information content (AvgIpc) is 4.07. The van der Waals surface area contributed by atoms with Gasteiger partial charge in [0.2, 0.25) is 5.95 Å². The van der Waals surface area contributed by atoms with Crippen LogP contribution >= 0.6 is 0 Å². The summed E-state index contributed by atoms with van der Waals surface area (Å²) < 4.78 is 11.5. The van der Waals surface area contributed by atoms with E-state index in [9.17, 15) is 0 Å². The fraction of sp³-hybridized carbons (Fsp3) is 0. The Morgan fingerprint density at radius 2 is 0.881 bits per heavy atom. The molecule has 0 saturated carbocycles. The first-order chi connectivity index (χ1) is 33.2. The van der Waals surface area contributed by atoms with Crippen LogP contribution in [-0.4, -0.2) is 24.1 Å². The molecule has 0 saturated heterocycles. The lowest BCUT2D eigenvalue weighted by Crippen LogP contribution is -2.07. The van der Waals surface area contributed by atoms with Crippen LogP contribution in [0.25, 0.3) is 133 Å². The van der Waals surface area contributed by atoms with Gasteiger partial charge >= 0.3 is 0 Å². The van der Waals surface area contributed by atoms with Gasteiger partial charge in [0.1, 0.15) is 11.2 Å². The van der Waals surface area contributed by atoms with Crippen molar-refractivity contribution in [3.05, 3.63) is 224 Å². The van der Waals surface area contributed by atoms with E-state index in [1.807, 2.05) is 30.3 Å². The monoisotopic (exact) mass is 855 g/mol. The molecule has 0 bridgehead atoms. The van der Waals surface area contributed by atoms with E-state index in [0.29, 0.717) is 17.6 Å². The van der Waals surface area contributed by atoms with Crippen molar-refractivity contribution in [1.29, 1.82) is 0 Å². The minimum atomic E-state index is 0.537. The van der Waals surface area contributed by atoms with Gasteiger partial charge in [0, 0.05) is 54.7 Å². The summed E-state index contributed by atoms with van der Waals surface area (Å²) in [6, 6.07) is 79.1. The Kier molecular flexibility index (Phi) is 8.18. The van der Waals surface area contributed by atoms with E-state index in [0.717, 1.165) is 105 Å². The topological polar surface area (TPSA) is 61.7 Å². The Morgan fingerprint density at radius 3 is 1.64 bits per heavy atom. The molecule has 67 heavy (non-hydrogen) atoms. The first-order valence-electron chi connectivity index (χ1n) is 22.6. The van der Waals surface area contributed by atoms with Gasteiger partial charge < -0.3 is 8.98 Å². The van der Waals surface area contributed by atoms with E-state index in [2.05, 4.69) is 203 Å². The zero-order valence-corrected chi connectivity index (χ0v) is 36.0. The predicted octanol–water partition coefficient (Wildman–Crippen LogP) is 15.8. The highest BCUT2D eigenvalue weighted by Gasteiger charge is 2.25. The lowest BCUT2D eigenvalue weighted by atomic mass is 9.96. The third kappa shape index (κ3) is 5.73. The number of para-hydroxylation sites is 3. The van der Waals surface area contributed by atoms with Gasteiger partial charge in [-0.2, -0.15) is 9.97 Å². The molecule has 0 amide bonds. The molecule has 14 aromatic rings. The smallest absolute Gasteiger partial charge is 0.238 e. The van der Waals surface area contributed by atoms with Crippen LogP contribution in [0.2, 0.25) is 0 Å². The maximum Gasteiger partial charge on any atom is 0.238 e. The van der Waals surface area contributed by atoms with Gasteiger partial charge in [0.05, 0.1) is 22.1 Å². The van der Waals surface area contributed by atoms with E-state index in [1.54, 1.807) is 0 Å². The minimum Gasteiger partial charge on any atom is -0.455 e. The summed E-state index contributed by atoms with van der Waals surface area (Å²) >= 11 is 0. The second-order valence-corrected chi connectivity index (χ2v) is 17.1. The highest BCUT2D eigenvalue weighted by molar-refractivity contribution is 6.24. The number of hydrogen-bond acceptors (Lipinski definition) is 4. The van der Waals surface area contributed by atoms with Crippen LogP contribution in [-0.2, 0) is 0 Å². The van der Waals surface area contributed by atoms with Crippen LogP contribution in [0.5, 0.6) is 0 Å². The van der Waals surface area contributed by atoms with Gasteiger partial charge in [0.15, 0.2) is 11.6 Å². The van der Waals surface area contributed by atoms with Crippen molar-refractivity contribution >= 4 is 76.3 Å². The van der Waals surface area contributed by atoms with Crippen molar-refractivity contribution in [1.82, 2.24) is 24.1 Å². The van der Waals surface area contributed by atoms with Gasteiger partial charge in [-0.3, -0.25) is 4.57 Å². The predicted molar refractivity (Wildman–Crippen MR) is 275 cm³/mol. The Labute approximate surface area is 384 Å². The van der Waals surface area contributed by atoms with Gasteiger partial charge in [-0.05, 0) is 57.8 Å². The molecular weight excluding hydrogens is 819 g/mol. The van der Waals surface area contributed by atoms with Crippen molar-refractivity contribution in [3.8, 4) is 56.7 Å². The summed E-state index contributed by atoms with van der Waals surface area (Å²) in [5.41, 5.74) is 13.0. The zero-order chi connectivity index (χ0) is 44.0. The van der Waals surface area contributed by atoms with Gasteiger partial charge in [0.25, 0.3) is 0 Å². The molecule has 312 valence electrons. The Hall–Kier alpha value is -9.13. The van der Waals surface area contributed by atoms with Crippen LogP contribution < -0.4 is 0 Å². The number of furan rings is 1. The van der Waals surface area contributed by atoms with E-state index >= 15 is 0 Å². The highest BCUT2D eigenvalue weighted by atomic mass is 16.3. The lowest BCUT2D eigenvalue weighted by Gasteiger charge is -2.15. The minimum absolute atomic E-state index is 0.537. The molecule has 0 aliphatic heterocycles. The van der Waals surface area contributed by atoms with E-state index in [1.165, 1.54) is 10.8 Å².